The van der Waals surface area contributed by atoms with Gasteiger partial charge in [-0.1, -0.05) is 5.16 Å². The molecule has 1 aromatic rings. The number of rotatable bonds is 2. The van der Waals surface area contributed by atoms with Gasteiger partial charge in [-0.25, -0.2) is 4.98 Å². The third-order valence-electron chi connectivity index (χ3n) is 3.73. The van der Waals surface area contributed by atoms with Crippen molar-refractivity contribution in [3.63, 3.8) is 0 Å². The molecule has 1 aliphatic heterocycles. The van der Waals surface area contributed by atoms with Crippen LogP contribution in [-0.2, 0) is 12.8 Å². The molecule has 0 atom stereocenters. The van der Waals surface area contributed by atoms with Crippen molar-refractivity contribution in [3.05, 3.63) is 22.9 Å². The number of fused-ring (bicyclic) bond motifs is 1. The Balaban J connectivity index is 2.04. The predicted octanol–water partition coefficient (Wildman–Crippen LogP) is 1.22. The smallest absolute Gasteiger partial charge is 0.173 e. The molecule has 1 aromatic heterocycles. The Morgan fingerprint density at radius 3 is 2.89 bits per heavy atom. The van der Waals surface area contributed by atoms with Crippen LogP contribution in [0.4, 0.5) is 5.82 Å². The highest BCUT2D eigenvalue weighted by atomic mass is 32.2. The van der Waals surface area contributed by atoms with Gasteiger partial charge in [-0.15, -0.1) is 0 Å². The van der Waals surface area contributed by atoms with E-state index in [4.69, 9.17) is 15.9 Å². The fraction of sp³-hybridized carbons (Fsp3) is 0.538. The van der Waals surface area contributed by atoms with E-state index >= 15 is 0 Å². The van der Waals surface area contributed by atoms with E-state index in [0.29, 0.717) is 0 Å². The van der Waals surface area contributed by atoms with E-state index in [0.717, 1.165) is 55.2 Å². The monoisotopic (exact) mass is 278 g/mol. The molecule has 3 rings (SSSR count). The van der Waals surface area contributed by atoms with Crippen LogP contribution < -0.4 is 10.6 Å². The Hall–Kier alpha value is -1.43. The van der Waals surface area contributed by atoms with Crippen molar-refractivity contribution in [3.8, 4) is 0 Å². The summed E-state index contributed by atoms with van der Waals surface area (Å²) in [5.41, 5.74) is 9.03. The quantitative estimate of drug-likeness (QED) is 0.368. The fourth-order valence-electron chi connectivity index (χ4n) is 2.72. The molecule has 0 saturated carbocycles. The van der Waals surface area contributed by atoms with Crippen LogP contribution in [0.25, 0.3) is 0 Å². The predicted molar refractivity (Wildman–Crippen MR) is 78.3 cm³/mol. The minimum Gasteiger partial charge on any atom is -0.409 e. The lowest BCUT2D eigenvalue weighted by Gasteiger charge is -2.29. The lowest BCUT2D eigenvalue weighted by atomic mass is 10.1. The molecule has 2 aliphatic rings. The third-order valence-corrected chi connectivity index (χ3v) is 4.67. The van der Waals surface area contributed by atoms with Crippen LogP contribution in [0.5, 0.6) is 0 Å². The van der Waals surface area contributed by atoms with E-state index in [-0.39, 0.29) is 5.84 Å². The second kappa shape index (κ2) is 5.28. The van der Waals surface area contributed by atoms with Gasteiger partial charge < -0.3 is 15.8 Å². The van der Waals surface area contributed by atoms with Gasteiger partial charge in [-0.3, -0.25) is 0 Å². The lowest BCUT2D eigenvalue weighted by molar-refractivity contribution is 0.318. The van der Waals surface area contributed by atoms with Crippen LogP contribution in [0.15, 0.2) is 11.2 Å². The van der Waals surface area contributed by atoms with E-state index in [1.807, 2.05) is 11.8 Å². The highest BCUT2D eigenvalue weighted by molar-refractivity contribution is 7.99. The molecule has 102 valence electrons. The van der Waals surface area contributed by atoms with Crippen molar-refractivity contribution in [2.75, 3.05) is 29.5 Å². The summed E-state index contributed by atoms with van der Waals surface area (Å²) < 4.78 is 0. The van der Waals surface area contributed by atoms with Crippen LogP contribution in [0.2, 0.25) is 0 Å². The number of pyridine rings is 1. The zero-order valence-electron chi connectivity index (χ0n) is 10.8. The molecule has 19 heavy (non-hydrogen) atoms. The Labute approximate surface area is 116 Å². The number of amidine groups is 1. The topological polar surface area (TPSA) is 74.7 Å². The Morgan fingerprint density at radius 1 is 1.37 bits per heavy atom. The number of thioether (sulfide) groups is 1. The molecule has 0 unspecified atom stereocenters. The number of aromatic nitrogens is 1. The van der Waals surface area contributed by atoms with Crippen molar-refractivity contribution in [2.24, 2.45) is 10.9 Å². The van der Waals surface area contributed by atoms with Crippen molar-refractivity contribution in [2.45, 2.75) is 19.3 Å². The number of hydrogen-bond donors (Lipinski definition) is 2. The highest BCUT2D eigenvalue weighted by Gasteiger charge is 2.23. The normalized spacial score (nSPS) is 19.6. The molecule has 3 N–H and O–H groups in total. The van der Waals surface area contributed by atoms with Crippen LogP contribution in [0.3, 0.4) is 0 Å². The number of aryl methyl sites for hydroxylation is 2. The van der Waals surface area contributed by atoms with Gasteiger partial charge in [0.1, 0.15) is 5.82 Å². The Morgan fingerprint density at radius 2 is 2.16 bits per heavy atom. The number of nitrogens with two attached hydrogens (primary N) is 1. The number of oxime groups is 1. The van der Waals surface area contributed by atoms with Crippen LogP contribution in [0.1, 0.15) is 23.2 Å². The van der Waals surface area contributed by atoms with Gasteiger partial charge >= 0.3 is 0 Å². The van der Waals surface area contributed by atoms with E-state index in [1.165, 1.54) is 11.3 Å². The standard InChI is InChI=1S/C13H18N4OS/c14-12(16-18)10-8-9-2-1-3-11(9)15-13(10)17-4-6-19-7-5-17/h8,18H,1-7H2,(H2,14,16). The average Bonchev–Trinajstić information content (AvgIpc) is 2.93. The molecule has 1 saturated heterocycles. The highest BCUT2D eigenvalue weighted by Crippen LogP contribution is 2.28. The number of anilines is 1. The number of hydrogen-bond acceptors (Lipinski definition) is 5. The molecule has 0 aromatic carbocycles. The summed E-state index contributed by atoms with van der Waals surface area (Å²) >= 11 is 1.96. The first-order valence-electron chi connectivity index (χ1n) is 6.63. The van der Waals surface area contributed by atoms with E-state index < -0.39 is 0 Å². The van der Waals surface area contributed by atoms with Crippen LogP contribution in [0, 0.1) is 0 Å². The van der Waals surface area contributed by atoms with Crippen LogP contribution in [-0.4, -0.2) is 40.6 Å². The minimum absolute atomic E-state index is 0.162. The molecular formula is C13H18N4OS. The third kappa shape index (κ3) is 2.36. The molecule has 0 spiro atoms. The maximum atomic E-state index is 8.97. The summed E-state index contributed by atoms with van der Waals surface area (Å²) in [6.45, 7) is 1.95. The maximum absolute atomic E-state index is 8.97. The summed E-state index contributed by atoms with van der Waals surface area (Å²) in [4.78, 5) is 7.04. The molecule has 0 radical (unpaired) electrons. The maximum Gasteiger partial charge on any atom is 0.173 e. The van der Waals surface area contributed by atoms with Crippen molar-refractivity contribution >= 4 is 23.4 Å². The molecule has 6 heteroatoms. The lowest BCUT2D eigenvalue weighted by Crippen LogP contribution is -2.35. The molecule has 5 nitrogen and oxygen atoms in total. The average molecular weight is 278 g/mol. The van der Waals surface area contributed by atoms with Gasteiger partial charge in [0.25, 0.3) is 0 Å². The fourth-order valence-corrected chi connectivity index (χ4v) is 3.62. The minimum atomic E-state index is 0.162. The summed E-state index contributed by atoms with van der Waals surface area (Å²) in [7, 11) is 0. The molecular weight excluding hydrogens is 260 g/mol. The van der Waals surface area contributed by atoms with Crippen molar-refractivity contribution in [1.29, 1.82) is 0 Å². The Bertz CT molecular complexity index is 512. The molecule has 0 amide bonds. The first kappa shape index (κ1) is 12.6. The molecule has 1 fully saturated rings. The van der Waals surface area contributed by atoms with Gasteiger partial charge in [0.15, 0.2) is 5.84 Å². The first-order valence-corrected chi connectivity index (χ1v) is 7.78. The summed E-state index contributed by atoms with van der Waals surface area (Å²) in [6, 6.07) is 2.06. The summed E-state index contributed by atoms with van der Waals surface area (Å²) in [5, 5.41) is 12.1. The number of nitrogens with zero attached hydrogens (tertiary/aromatic N) is 3. The van der Waals surface area contributed by atoms with Crippen molar-refractivity contribution < 1.29 is 5.21 Å². The Kier molecular flexibility index (Phi) is 3.50. The molecule has 0 bridgehead atoms. The summed E-state index contributed by atoms with van der Waals surface area (Å²) in [5.74, 6) is 3.26. The van der Waals surface area contributed by atoms with Gasteiger partial charge in [0.05, 0.1) is 5.56 Å². The SMILES string of the molecule is NC(=NO)c1cc2c(nc1N1CCSCC1)CCC2. The second-order valence-electron chi connectivity index (χ2n) is 4.90. The zero-order chi connectivity index (χ0) is 13.2. The summed E-state index contributed by atoms with van der Waals surface area (Å²) in [6.07, 6.45) is 3.24. The first-order chi connectivity index (χ1) is 9.29. The van der Waals surface area contributed by atoms with E-state index in [1.54, 1.807) is 0 Å². The van der Waals surface area contributed by atoms with Gasteiger partial charge in [-0.05, 0) is 30.9 Å². The van der Waals surface area contributed by atoms with Crippen LogP contribution >= 0.6 is 11.8 Å². The molecule has 1 aliphatic carbocycles. The van der Waals surface area contributed by atoms with Crippen molar-refractivity contribution in [1.82, 2.24) is 4.98 Å². The van der Waals surface area contributed by atoms with Gasteiger partial charge in [0.2, 0.25) is 0 Å². The molecule has 2 heterocycles. The largest absolute Gasteiger partial charge is 0.409 e. The zero-order valence-corrected chi connectivity index (χ0v) is 11.6. The van der Waals surface area contributed by atoms with E-state index in [9.17, 15) is 0 Å². The van der Waals surface area contributed by atoms with E-state index in [2.05, 4.69) is 16.1 Å². The van der Waals surface area contributed by atoms with Gasteiger partial charge in [-0.2, -0.15) is 11.8 Å². The van der Waals surface area contributed by atoms with Gasteiger partial charge in [0, 0.05) is 30.3 Å². The second-order valence-corrected chi connectivity index (χ2v) is 6.13.